The summed E-state index contributed by atoms with van der Waals surface area (Å²) in [5, 5.41) is 9.66. The molecule has 62 heavy (non-hydrogen) atoms. The van der Waals surface area contributed by atoms with E-state index in [1.807, 2.05) is 4.90 Å². The third-order valence-corrected chi connectivity index (χ3v) is 13.0. The van der Waals surface area contributed by atoms with Gasteiger partial charge in [-0.3, -0.25) is 9.59 Å². The standard InChI is InChI=1S/C55H108N2O5/c1-7-12-17-22-30-41-54(59)57(47-48-58)46-35-34-45-56(43-32-25-20-23-27-36-51(6)61-49-52(37-15-10-4)39-28-18-13-8-2)44-33-26-21-24-31-42-55(60)62-50-53(38-16-11-5)40-29-19-14-9-3/h52-53,58H,6-50H2,1-5H3. The first-order chi connectivity index (χ1) is 30.3. The van der Waals surface area contributed by atoms with Gasteiger partial charge in [0.15, 0.2) is 0 Å². The predicted octanol–water partition coefficient (Wildman–Crippen LogP) is 15.6. The number of unbranched alkanes of at least 4 members (excludes halogenated alkanes) is 21. The van der Waals surface area contributed by atoms with Crippen molar-refractivity contribution in [2.75, 3.05) is 52.5 Å². The summed E-state index contributed by atoms with van der Waals surface area (Å²) >= 11 is 0. The first kappa shape index (κ1) is 60.4. The molecule has 2 unspecified atom stereocenters. The SMILES string of the molecule is C=C(CCCCCCCN(CCCCCCCC(=O)OCC(CCCC)CCCCCC)CCCCN(CCO)C(=O)CCCCCCC)OCC(CCCC)CCCCCC. The first-order valence-electron chi connectivity index (χ1n) is 27.4. The predicted molar refractivity (Wildman–Crippen MR) is 268 cm³/mol. The van der Waals surface area contributed by atoms with Crippen LogP contribution in [-0.2, 0) is 19.1 Å². The monoisotopic (exact) mass is 877 g/mol. The van der Waals surface area contributed by atoms with Gasteiger partial charge >= 0.3 is 5.97 Å². The third kappa shape index (κ3) is 40.0. The molecule has 0 saturated carbocycles. The average Bonchev–Trinajstić information content (AvgIpc) is 3.27. The van der Waals surface area contributed by atoms with E-state index in [9.17, 15) is 14.7 Å². The van der Waals surface area contributed by atoms with Crippen LogP contribution in [0.2, 0.25) is 0 Å². The van der Waals surface area contributed by atoms with E-state index < -0.39 is 0 Å². The van der Waals surface area contributed by atoms with Crippen molar-refractivity contribution in [3.05, 3.63) is 12.3 Å². The highest BCUT2D eigenvalue weighted by molar-refractivity contribution is 5.76. The zero-order chi connectivity index (χ0) is 45.6. The Morgan fingerprint density at radius 1 is 0.435 bits per heavy atom. The van der Waals surface area contributed by atoms with Gasteiger partial charge in [0.1, 0.15) is 0 Å². The molecule has 0 aliphatic heterocycles. The van der Waals surface area contributed by atoms with Gasteiger partial charge in [0.05, 0.1) is 25.6 Å². The molecule has 0 aliphatic rings. The van der Waals surface area contributed by atoms with Crippen molar-refractivity contribution in [3.63, 3.8) is 0 Å². The van der Waals surface area contributed by atoms with Gasteiger partial charge in [-0.05, 0) is 102 Å². The van der Waals surface area contributed by atoms with E-state index in [0.717, 1.165) is 89.9 Å². The number of aliphatic hydroxyl groups excluding tert-OH is 1. The molecule has 0 aromatic rings. The summed E-state index contributed by atoms with van der Waals surface area (Å²) in [5.41, 5.74) is 0. The lowest BCUT2D eigenvalue weighted by atomic mass is 9.96. The lowest BCUT2D eigenvalue weighted by Crippen LogP contribution is -2.35. The van der Waals surface area contributed by atoms with Crippen LogP contribution in [0, 0.1) is 11.8 Å². The molecule has 0 radical (unpaired) electrons. The Kier molecular flexibility index (Phi) is 46.1. The maximum Gasteiger partial charge on any atom is 0.305 e. The fraction of sp³-hybridized carbons (Fsp3) is 0.927. The van der Waals surface area contributed by atoms with E-state index in [0.29, 0.717) is 37.8 Å². The number of amides is 1. The molecule has 0 heterocycles. The van der Waals surface area contributed by atoms with E-state index in [-0.39, 0.29) is 18.5 Å². The number of hydrogen-bond acceptors (Lipinski definition) is 6. The van der Waals surface area contributed by atoms with Gasteiger partial charge in [-0.25, -0.2) is 0 Å². The number of allylic oxidation sites excluding steroid dienone is 1. The van der Waals surface area contributed by atoms with Crippen molar-refractivity contribution >= 4 is 11.9 Å². The maximum atomic E-state index is 12.9. The van der Waals surface area contributed by atoms with Crippen LogP contribution < -0.4 is 0 Å². The number of nitrogens with zero attached hydrogens (tertiary/aromatic N) is 2. The van der Waals surface area contributed by atoms with E-state index in [1.165, 1.54) is 167 Å². The van der Waals surface area contributed by atoms with Crippen LogP contribution in [0.1, 0.15) is 266 Å². The van der Waals surface area contributed by atoms with Crippen LogP contribution in [-0.4, -0.2) is 79.3 Å². The summed E-state index contributed by atoms with van der Waals surface area (Å²) in [4.78, 5) is 30.1. The second-order valence-electron chi connectivity index (χ2n) is 19.1. The Morgan fingerprint density at radius 3 is 1.34 bits per heavy atom. The fourth-order valence-corrected chi connectivity index (χ4v) is 8.73. The number of hydrogen-bond donors (Lipinski definition) is 1. The minimum atomic E-state index is -0.00447. The summed E-state index contributed by atoms with van der Waals surface area (Å²) in [7, 11) is 0. The van der Waals surface area contributed by atoms with Crippen LogP contribution in [0.25, 0.3) is 0 Å². The number of carbonyl (C=O) groups is 2. The van der Waals surface area contributed by atoms with Crippen molar-refractivity contribution in [3.8, 4) is 0 Å². The third-order valence-electron chi connectivity index (χ3n) is 13.0. The van der Waals surface area contributed by atoms with Crippen LogP contribution in [0.5, 0.6) is 0 Å². The van der Waals surface area contributed by atoms with Crippen molar-refractivity contribution in [1.29, 1.82) is 0 Å². The van der Waals surface area contributed by atoms with E-state index >= 15 is 0 Å². The molecule has 0 aliphatic carbocycles. The molecular formula is C55H108N2O5. The highest BCUT2D eigenvalue weighted by atomic mass is 16.5. The number of ether oxygens (including phenoxy) is 2. The molecule has 0 aromatic carbocycles. The molecule has 0 aromatic heterocycles. The Morgan fingerprint density at radius 2 is 0.823 bits per heavy atom. The lowest BCUT2D eigenvalue weighted by Gasteiger charge is -2.25. The zero-order valence-corrected chi connectivity index (χ0v) is 42.4. The van der Waals surface area contributed by atoms with Crippen molar-refractivity contribution in [2.24, 2.45) is 11.8 Å². The highest BCUT2D eigenvalue weighted by Gasteiger charge is 2.15. The summed E-state index contributed by atoms with van der Waals surface area (Å²) < 4.78 is 12.0. The van der Waals surface area contributed by atoms with Crippen molar-refractivity contribution in [2.45, 2.75) is 266 Å². The maximum absolute atomic E-state index is 12.9. The Labute approximate surface area is 387 Å². The molecule has 368 valence electrons. The van der Waals surface area contributed by atoms with Crippen LogP contribution in [0.4, 0.5) is 0 Å². The molecular weight excluding hydrogens is 769 g/mol. The van der Waals surface area contributed by atoms with Crippen LogP contribution in [0.3, 0.4) is 0 Å². The lowest BCUT2D eigenvalue weighted by molar-refractivity contribution is -0.145. The van der Waals surface area contributed by atoms with Crippen LogP contribution in [0.15, 0.2) is 12.3 Å². The minimum Gasteiger partial charge on any atom is -0.498 e. The summed E-state index contributed by atoms with van der Waals surface area (Å²) in [6.45, 7) is 21.6. The fourth-order valence-electron chi connectivity index (χ4n) is 8.73. The molecule has 0 fully saturated rings. The van der Waals surface area contributed by atoms with Gasteiger partial charge in [-0.15, -0.1) is 0 Å². The van der Waals surface area contributed by atoms with Gasteiger partial charge in [-0.2, -0.15) is 0 Å². The Bertz CT molecular complexity index is 921. The highest BCUT2D eigenvalue weighted by Crippen LogP contribution is 2.21. The van der Waals surface area contributed by atoms with Gasteiger partial charge in [0, 0.05) is 32.4 Å². The first-order valence-corrected chi connectivity index (χ1v) is 27.4. The van der Waals surface area contributed by atoms with E-state index in [4.69, 9.17) is 9.47 Å². The van der Waals surface area contributed by atoms with Crippen molar-refractivity contribution < 1.29 is 24.2 Å². The number of rotatable bonds is 50. The van der Waals surface area contributed by atoms with E-state index in [1.54, 1.807) is 0 Å². The second kappa shape index (κ2) is 47.4. The summed E-state index contributed by atoms with van der Waals surface area (Å²) in [6.07, 6.45) is 42.0. The molecule has 1 N–H and O–H groups in total. The molecule has 0 rings (SSSR count). The van der Waals surface area contributed by atoms with Gasteiger partial charge in [-0.1, -0.05) is 182 Å². The summed E-state index contributed by atoms with van der Waals surface area (Å²) in [5.74, 6) is 2.39. The number of aliphatic hydroxyl groups is 1. The second-order valence-corrected chi connectivity index (χ2v) is 19.1. The van der Waals surface area contributed by atoms with Gasteiger partial charge in [0.25, 0.3) is 0 Å². The average molecular weight is 877 g/mol. The molecule has 2 atom stereocenters. The molecule has 0 spiro atoms. The zero-order valence-electron chi connectivity index (χ0n) is 42.4. The topological polar surface area (TPSA) is 79.3 Å². The van der Waals surface area contributed by atoms with Gasteiger partial charge in [0.2, 0.25) is 5.91 Å². The minimum absolute atomic E-state index is 0.00447. The Hall–Kier alpha value is -1.60. The molecule has 7 nitrogen and oxygen atoms in total. The van der Waals surface area contributed by atoms with Gasteiger partial charge < -0.3 is 24.4 Å². The molecule has 7 heteroatoms. The van der Waals surface area contributed by atoms with Crippen molar-refractivity contribution in [1.82, 2.24) is 9.80 Å². The largest absolute Gasteiger partial charge is 0.498 e. The quantitative estimate of drug-likeness (QED) is 0.0373. The molecule has 0 bridgehead atoms. The molecule has 0 saturated heterocycles. The number of carbonyl (C=O) groups excluding carboxylic acids is 2. The normalized spacial score (nSPS) is 12.5. The smallest absolute Gasteiger partial charge is 0.305 e. The van der Waals surface area contributed by atoms with E-state index in [2.05, 4.69) is 46.1 Å². The van der Waals surface area contributed by atoms with Crippen LogP contribution >= 0.6 is 0 Å². The summed E-state index contributed by atoms with van der Waals surface area (Å²) in [6, 6.07) is 0. The number of esters is 1. The molecule has 1 amide bonds. The Balaban J connectivity index is 4.73.